The predicted octanol–water partition coefficient (Wildman–Crippen LogP) is 3.53. The van der Waals surface area contributed by atoms with Crippen LogP contribution in [0.1, 0.15) is 96.5 Å². The number of para-hydroxylation sites is 1. The minimum absolute atomic E-state index is 0.0104. The number of aldehydes is 1. The van der Waals surface area contributed by atoms with Gasteiger partial charge < -0.3 is 39.6 Å². The number of rotatable bonds is 6. The van der Waals surface area contributed by atoms with Crippen LogP contribution in [0.25, 0.3) is 0 Å². The number of nitrogens with zero attached hydrogens (tertiary/aromatic N) is 2. The highest BCUT2D eigenvalue weighted by atomic mass is 16.5. The van der Waals surface area contributed by atoms with Gasteiger partial charge in [-0.25, -0.2) is 9.59 Å². The fraction of sp³-hybridized carbons (Fsp3) is 0.756. The molecule has 12 rings (SSSR count). The van der Waals surface area contributed by atoms with E-state index in [4.69, 9.17) is 9.47 Å². The zero-order valence-electron chi connectivity index (χ0n) is 33.0. The maximum Gasteiger partial charge on any atom is 0.362 e. The Morgan fingerprint density at radius 1 is 1.04 bits per heavy atom. The minimum Gasteiger partial charge on any atom is -0.458 e. The highest BCUT2D eigenvalue weighted by Crippen LogP contribution is 2.73. The number of aliphatic hydroxyl groups is 4. The van der Waals surface area contributed by atoms with E-state index in [1.165, 1.54) is 5.56 Å². The number of cyclic esters (lactones) is 1. The molecule has 4 saturated heterocycles. The maximum absolute atomic E-state index is 14.5. The molecule has 4 N–H and O–H groups in total. The van der Waals surface area contributed by atoms with Crippen molar-refractivity contribution in [3.63, 3.8) is 0 Å². The topological polar surface area (TPSA) is 154 Å². The third kappa shape index (κ3) is 3.92. The molecule has 5 bridgehead atoms. The van der Waals surface area contributed by atoms with Crippen LogP contribution in [0.2, 0.25) is 0 Å². The molecule has 0 aromatic heterocycles. The molecule has 1 aromatic carbocycles. The van der Waals surface area contributed by atoms with E-state index in [0.717, 1.165) is 43.2 Å². The van der Waals surface area contributed by atoms with Crippen LogP contribution in [-0.4, -0.2) is 111 Å². The van der Waals surface area contributed by atoms with Gasteiger partial charge in [0, 0.05) is 55.3 Å². The first-order chi connectivity index (χ1) is 26.7. The van der Waals surface area contributed by atoms with Gasteiger partial charge in [0.1, 0.15) is 25.0 Å². The third-order valence-electron chi connectivity index (χ3n) is 19.6. The fourth-order valence-electron chi connectivity index (χ4n) is 17.6. The van der Waals surface area contributed by atoms with E-state index in [1.54, 1.807) is 6.08 Å². The number of quaternary nitrogens is 1. The number of ether oxygens (including phenoxy) is 2. The Bertz CT molecular complexity index is 1940. The first kappa shape index (κ1) is 36.3. The molecule has 1 aromatic rings. The quantitative estimate of drug-likeness (QED) is 0.192. The molecule has 11 nitrogen and oxygen atoms in total. The Hall–Kier alpha value is -2.83. The molecule has 1 spiro atoms. The van der Waals surface area contributed by atoms with Crippen molar-refractivity contribution < 1.29 is 48.8 Å². The summed E-state index contributed by atoms with van der Waals surface area (Å²) in [6.45, 7) is 4.56. The largest absolute Gasteiger partial charge is 0.458 e. The molecule has 11 aliphatic rings. The molecule has 0 radical (unpaired) electrons. The van der Waals surface area contributed by atoms with Gasteiger partial charge in [0.25, 0.3) is 0 Å². The van der Waals surface area contributed by atoms with Crippen LogP contribution < -0.4 is 4.90 Å². The van der Waals surface area contributed by atoms with Crippen LogP contribution in [0.5, 0.6) is 0 Å². The first-order valence-electron chi connectivity index (χ1n) is 21.8. The Kier molecular flexibility index (Phi) is 7.42. The Morgan fingerprint density at radius 2 is 1.82 bits per heavy atom. The van der Waals surface area contributed by atoms with E-state index in [-0.39, 0.29) is 89.6 Å². The third-order valence-corrected chi connectivity index (χ3v) is 19.6. The molecule has 56 heavy (non-hydrogen) atoms. The van der Waals surface area contributed by atoms with Crippen LogP contribution in [-0.2, 0) is 29.3 Å². The highest BCUT2D eigenvalue weighted by molar-refractivity contribution is 5.85. The molecule has 302 valence electrons. The Labute approximate surface area is 329 Å². The lowest BCUT2D eigenvalue weighted by Crippen LogP contribution is -2.83. The summed E-state index contributed by atoms with van der Waals surface area (Å²) in [5.41, 5.74) is -1.04. The summed E-state index contributed by atoms with van der Waals surface area (Å²) < 4.78 is 11.9. The van der Waals surface area contributed by atoms with E-state index in [2.05, 4.69) is 44.0 Å². The van der Waals surface area contributed by atoms with Gasteiger partial charge in [0.15, 0.2) is 12.8 Å². The second-order valence-corrected chi connectivity index (χ2v) is 20.6. The van der Waals surface area contributed by atoms with Gasteiger partial charge in [-0.05, 0) is 98.7 Å². The molecule has 6 unspecified atom stereocenters. The summed E-state index contributed by atoms with van der Waals surface area (Å²) in [7, 11) is 2.11. The number of carbonyl (C=O) groups excluding carboxylic acids is 3. The van der Waals surface area contributed by atoms with Crippen molar-refractivity contribution in [3.05, 3.63) is 41.5 Å². The summed E-state index contributed by atoms with van der Waals surface area (Å²) in [5, 5.41) is 50.1. The molecule has 11 heteroatoms. The smallest absolute Gasteiger partial charge is 0.362 e. The summed E-state index contributed by atoms with van der Waals surface area (Å²) in [5.74, 6) is -0.852. The lowest BCUT2D eigenvalue weighted by molar-refractivity contribution is -1.03. The molecule has 6 heterocycles. The average Bonchev–Trinajstić information content (AvgIpc) is 3.86. The summed E-state index contributed by atoms with van der Waals surface area (Å²) >= 11 is 0. The normalized spacial score (nSPS) is 54.1. The van der Waals surface area contributed by atoms with Crippen LogP contribution >= 0.6 is 0 Å². The highest BCUT2D eigenvalue weighted by Gasteiger charge is 2.83. The van der Waals surface area contributed by atoms with Crippen LogP contribution in [0.4, 0.5) is 5.69 Å². The number of carbonyl (C=O) groups is 3. The monoisotopic (exact) mass is 771 g/mol. The zero-order chi connectivity index (χ0) is 38.9. The van der Waals surface area contributed by atoms with Crippen molar-refractivity contribution in [2.24, 2.45) is 46.3 Å². The van der Waals surface area contributed by atoms with Gasteiger partial charge in [0.2, 0.25) is 0 Å². The fourth-order valence-corrected chi connectivity index (χ4v) is 17.6. The lowest BCUT2D eigenvalue weighted by Gasteiger charge is -2.67. The predicted molar refractivity (Wildman–Crippen MR) is 202 cm³/mol. The van der Waals surface area contributed by atoms with Crippen molar-refractivity contribution in [2.45, 2.75) is 144 Å². The van der Waals surface area contributed by atoms with Crippen LogP contribution in [0, 0.1) is 46.3 Å². The molecule has 9 fully saturated rings. The number of benzene rings is 1. The Morgan fingerprint density at radius 3 is 2.57 bits per heavy atom. The van der Waals surface area contributed by atoms with Crippen molar-refractivity contribution in [3.8, 4) is 0 Å². The van der Waals surface area contributed by atoms with Crippen LogP contribution in [0.15, 0.2) is 35.9 Å². The second-order valence-electron chi connectivity index (χ2n) is 20.6. The first-order valence-corrected chi connectivity index (χ1v) is 21.8. The number of esters is 2. The number of fused-ring (bicyclic) bond motifs is 7. The molecule has 5 saturated carbocycles. The van der Waals surface area contributed by atoms with E-state index in [9.17, 15) is 34.8 Å². The number of hydrogen-bond donors (Lipinski definition) is 4. The average molecular weight is 772 g/mol. The molecular weight excluding hydrogens is 713 g/mol. The van der Waals surface area contributed by atoms with Gasteiger partial charge in [-0.2, -0.15) is 0 Å². The summed E-state index contributed by atoms with van der Waals surface area (Å²) in [4.78, 5) is 42.3. The van der Waals surface area contributed by atoms with E-state index in [0.29, 0.717) is 44.9 Å². The number of likely N-dealkylation sites (N-methyl/N-ethyl adjacent to an activating group) is 1. The van der Waals surface area contributed by atoms with Crippen molar-refractivity contribution in [1.29, 1.82) is 0 Å². The van der Waals surface area contributed by atoms with E-state index < -0.39 is 45.9 Å². The van der Waals surface area contributed by atoms with Gasteiger partial charge >= 0.3 is 11.9 Å². The number of anilines is 1. The zero-order valence-corrected chi connectivity index (χ0v) is 33.0. The van der Waals surface area contributed by atoms with Crippen molar-refractivity contribution in [2.75, 3.05) is 25.1 Å². The van der Waals surface area contributed by atoms with Crippen LogP contribution in [0.3, 0.4) is 0 Å². The minimum atomic E-state index is -1.37. The molecule has 0 amide bonds. The number of aliphatic hydroxyl groups excluding tert-OH is 2. The molecule has 18 atom stereocenters. The van der Waals surface area contributed by atoms with E-state index in [1.807, 2.05) is 6.07 Å². The van der Waals surface area contributed by atoms with Gasteiger partial charge in [-0.1, -0.05) is 32.0 Å². The standard InChI is InChI=1S/C45H59N2O9/c1-4-26-27-18-33-38-44(31-7-5-6-8-32(31)46(38)3)20-34(37(27)39(44)51)47(33,40(26)52)21-36(50)56-25-9-14-42(23-48)29-10-13-41(2)28(24-17-35(49)55-22-24)12-16-45(41,54)30(29)11-15-43(42,53)19-25/h5-8,17,23,25-30,33-34,37-40,51-54H,4,9-16,18-22H2,1-3H3/q+1/t25-,26-,27?,28+,29-,30+,33?,34?,37?,38-,39?,40+,41+,42-,43-,44+,45-,47?/m0/s1. The van der Waals surface area contributed by atoms with Gasteiger partial charge in [0.05, 0.1) is 40.2 Å². The maximum atomic E-state index is 14.5. The molecule has 5 aliphatic carbocycles. The van der Waals surface area contributed by atoms with Crippen molar-refractivity contribution >= 4 is 23.9 Å². The second kappa shape index (κ2) is 11.5. The number of hydrogen-bond acceptors (Lipinski definition) is 10. The lowest BCUT2D eigenvalue weighted by atomic mass is 9.41. The summed E-state index contributed by atoms with van der Waals surface area (Å²) in [6, 6.07) is 8.28. The van der Waals surface area contributed by atoms with Crippen molar-refractivity contribution in [1.82, 2.24) is 0 Å². The SMILES string of the molecule is CC[C@H]1C2CC3[C@@H]4N(C)c5ccccc5[C@]45CC(C2C5O)[N+]3(CC(=O)O[C@H]2CC[C@]3(C=O)[C@H]4CC[C@]5(C)[C@@H](C6=CC(=O)OC6)CC[C@]5(O)[C@@H]4CC[C@]3(O)C2)[C@@H]1O. The summed E-state index contributed by atoms with van der Waals surface area (Å²) in [6.07, 6.45) is 7.72. The molecule has 6 aliphatic heterocycles. The van der Waals surface area contributed by atoms with Gasteiger partial charge in [-0.3, -0.25) is 4.48 Å². The van der Waals surface area contributed by atoms with E-state index >= 15 is 0 Å². The molecular formula is C45H59N2O9+. The Balaban J connectivity index is 0.854. The number of piperidine rings is 4. The van der Waals surface area contributed by atoms with Gasteiger partial charge in [-0.15, -0.1) is 0 Å².